The minimum atomic E-state index is 0.0699. The fourth-order valence-electron chi connectivity index (χ4n) is 4.73. The highest BCUT2D eigenvalue weighted by Crippen LogP contribution is 2.30. The van der Waals surface area contributed by atoms with Crippen molar-refractivity contribution in [3.8, 4) is 34.6 Å². The molecule has 216 valence electrons. The summed E-state index contributed by atoms with van der Waals surface area (Å²) in [5, 5.41) is 9.76. The minimum absolute atomic E-state index is 0.0699. The van der Waals surface area contributed by atoms with Gasteiger partial charge in [-0.15, -0.1) is 0 Å². The van der Waals surface area contributed by atoms with E-state index < -0.39 is 0 Å². The van der Waals surface area contributed by atoms with Crippen molar-refractivity contribution in [2.45, 2.75) is 31.8 Å². The number of nitriles is 1. The van der Waals surface area contributed by atoms with Crippen molar-refractivity contribution in [1.29, 1.82) is 5.26 Å². The number of morpholine rings is 1. The van der Waals surface area contributed by atoms with E-state index in [9.17, 15) is 5.26 Å². The predicted octanol–water partition coefficient (Wildman–Crippen LogP) is 4.92. The van der Waals surface area contributed by atoms with Crippen molar-refractivity contribution in [2.24, 2.45) is 0 Å². The van der Waals surface area contributed by atoms with Crippen LogP contribution in [0, 0.1) is 11.3 Å². The van der Waals surface area contributed by atoms with Gasteiger partial charge in [0.1, 0.15) is 23.7 Å². The average Bonchev–Trinajstić information content (AvgIpc) is 3.02. The Bertz CT molecular complexity index is 1320. The summed E-state index contributed by atoms with van der Waals surface area (Å²) in [6, 6.07) is 15.7. The van der Waals surface area contributed by atoms with Crippen molar-refractivity contribution in [3.63, 3.8) is 0 Å². The molecule has 0 bridgehead atoms. The van der Waals surface area contributed by atoms with Gasteiger partial charge < -0.3 is 23.7 Å². The van der Waals surface area contributed by atoms with Gasteiger partial charge in [0, 0.05) is 49.9 Å². The van der Waals surface area contributed by atoms with Crippen molar-refractivity contribution in [3.05, 3.63) is 65.6 Å². The SMILES string of the molecule is COc1cc(Cc2nccc(-c3ccc(OC4CCOCC4)c(C#N)c3)n2)ccc1OCCCSN1CCOCC1. The molecule has 0 radical (unpaired) electrons. The van der Waals surface area contributed by atoms with E-state index in [1.54, 1.807) is 13.3 Å². The molecule has 41 heavy (non-hydrogen) atoms. The standard InChI is InChI=1S/C31H36N4O5S/c1-36-30-19-23(3-5-29(30)39-13-2-18-41-35-11-16-38-17-12-35)20-31-33-10-7-27(34-31)24-4-6-28(25(21-24)22-32)40-26-8-14-37-15-9-26/h3-7,10,19,21,26H,2,8-9,11-18,20H2,1H3. The Morgan fingerprint density at radius 3 is 2.61 bits per heavy atom. The Kier molecular flexibility index (Phi) is 10.7. The number of benzene rings is 2. The van der Waals surface area contributed by atoms with Crippen molar-refractivity contribution < 1.29 is 23.7 Å². The van der Waals surface area contributed by atoms with Crippen LogP contribution < -0.4 is 14.2 Å². The number of rotatable bonds is 12. The van der Waals surface area contributed by atoms with Crippen LogP contribution in [0.4, 0.5) is 0 Å². The van der Waals surface area contributed by atoms with Gasteiger partial charge in [-0.1, -0.05) is 18.0 Å². The van der Waals surface area contributed by atoms with Crippen molar-refractivity contribution in [1.82, 2.24) is 14.3 Å². The van der Waals surface area contributed by atoms with E-state index in [1.165, 1.54) is 0 Å². The first-order valence-electron chi connectivity index (χ1n) is 14.1. The molecule has 0 atom stereocenters. The lowest BCUT2D eigenvalue weighted by Gasteiger charge is -2.25. The quantitative estimate of drug-likeness (QED) is 0.218. The van der Waals surface area contributed by atoms with Gasteiger partial charge in [0.15, 0.2) is 11.5 Å². The monoisotopic (exact) mass is 576 g/mol. The molecule has 3 heterocycles. The Morgan fingerprint density at radius 1 is 1.00 bits per heavy atom. The van der Waals surface area contributed by atoms with Gasteiger partial charge >= 0.3 is 0 Å². The molecular formula is C31H36N4O5S. The number of hydrogen-bond acceptors (Lipinski definition) is 10. The highest BCUT2D eigenvalue weighted by atomic mass is 32.2. The molecule has 2 saturated heterocycles. The van der Waals surface area contributed by atoms with Gasteiger partial charge in [-0.05, 0) is 48.4 Å². The van der Waals surface area contributed by atoms with Crippen LogP contribution >= 0.6 is 11.9 Å². The maximum Gasteiger partial charge on any atom is 0.161 e. The highest BCUT2D eigenvalue weighted by Gasteiger charge is 2.18. The Morgan fingerprint density at radius 2 is 1.80 bits per heavy atom. The van der Waals surface area contributed by atoms with Gasteiger partial charge in [-0.3, -0.25) is 0 Å². The average molecular weight is 577 g/mol. The topological polar surface area (TPSA) is 99.0 Å². The molecule has 0 N–H and O–H groups in total. The van der Waals surface area contributed by atoms with E-state index in [0.717, 1.165) is 73.9 Å². The fourth-order valence-corrected chi connectivity index (χ4v) is 5.64. The molecule has 3 aromatic rings. The number of methoxy groups -OCH3 is 1. The van der Waals surface area contributed by atoms with Crippen LogP contribution in [0.15, 0.2) is 48.7 Å². The summed E-state index contributed by atoms with van der Waals surface area (Å²) in [4.78, 5) is 9.27. The molecule has 2 aliphatic rings. The third-order valence-electron chi connectivity index (χ3n) is 6.94. The van der Waals surface area contributed by atoms with Crippen LogP contribution in [0.3, 0.4) is 0 Å². The van der Waals surface area contributed by atoms with Crippen molar-refractivity contribution in [2.75, 3.05) is 59.0 Å². The second-order valence-corrected chi connectivity index (χ2v) is 11.0. The van der Waals surface area contributed by atoms with Crippen molar-refractivity contribution >= 4 is 11.9 Å². The maximum absolute atomic E-state index is 9.76. The maximum atomic E-state index is 9.76. The van der Waals surface area contributed by atoms with Crippen LogP contribution in [0.2, 0.25) is 0 Å². The lowest BCUT2D eigenvalue weighted by atomic mass is 10.1. The molecule has 0 unspecified atom stereocenters. The molecule has 9 nitrogen and oxygen atoms in total. The van der Waals surface area contributed by atoms with Crippen LogP contribution in [0.25, 0.3) is 11.3 Å². The first-order valence-corrected chi connectivity index (χ1v) is 15.0. The normalized spacial score (nSPS) is 16.2. The number of aromatic nitrogens is 2. The van der Waals surface area contributed by atoms with Crippen LogP contribution in [-0.2, 0) is 15.9 Å². The second kappa shape index (κ2) is 15.0. The Balaban J connectivity index is 1.18. The summed E-state index contributed by atoms with van der Waals surface area (Å²) in [6.45, 7) is 5.57. The van der Waals surface area contributed by atoms with Crippen LogP contribution in [0.1, 0.15) is 36.2 Å². The molecule has 2 fully saturated rings. The zero-order chi connectivity index (χ0) is 28.3. The van der Waals surface area contributed by atoms with E-state index in [4.69, 9.17) is 28.7 Å². The summed E-state index contributed by atoms with van der Waals surface area (Å²) < 4.78 is 30.9. The van der Waals surface area contributed by atoms with Gasteiger partial charge in [0.25, 0.3) is 0 Å². The number of hydrogen-bond donors (Lipinski definition) is 0. The number of ether oxygens (including phenoxy) is 5. The molecule has 0 amide bonds. The Hall–Kier alpha value is -3.36. The highest BCUT2D eigenvalue weighted by molar-refractivity contribution is 7.97. The molecule has 0 spiro atoms. The summed E-state index contributed by atoms with van der Waals surface area (Å²) in [7, 11) is 1.65. The third kappa shape index (κ3) is 8.33. The first kappa shape index (κ1) is 29.1. The van der Waals surface area contributed by atoms with Gasteiger partial charge in [-0.2, -0.15) is 5.26 Å². The van der Waals surface area contributed by atoms with E-state index >= 15 is 0 Å². The fraction of sp³-hybridized carbons (Fsp3) is 0.452. The molecule has 0 saturated carbocycles. The number of nitrogens with zero attached hydrogens (tertiary/aromatic N) is 4. The smallest absolute Gasteiger partial charge is 0.161 e. The van der Waals surface area contributed by atoms with Crippen LogP contribution in [0.5, 0.6) is 17.2 Å². The third-order valence-corrected chi connectivity index (χ3v) is 8.15. The van der Waals surface area contributed by atoms with Crippen LogP contribution in [-0.4, -0.2) is 79.4 Å². The van der Waals surface area contributed by atoms with Gasteiger partial charge in [0.05, 0.1) is 51.4 Å². The predicted molar refractivity (Wildman–Crippen MR) is 157 cm³/mol. The molecule has 5 rings (SSSR count). The molecule has 0 aliphatic carbocycles. The largest absolute Gasteiger partial charge is 0.493 e. The summed E-state index contributed by atoms with van der Waals surface area (Å²) in [6.07, 6.45) is 4.96. The molecule has 10 heteroatoms. The molecule has 1 aromatic heterocycles. The summed E-state index contributed by atoms with van der Waals surface area (Å²) >= 11 is 1.86. The molecule has 2 aliphatic heterocycles. The van der Waals surface area contributed by atoms with Gasteiger partial charge in [0.2, 0.25) is 0 Å². The van der Waals surface area contributed by atoms with E-state index in [1.807, 2.05) is 54.4 Å². The first-order chi connectivity index (χ1) is 20.2. The zero-order valence-electron chi connectivity index (χ0n) is 23.4. The van der Waals surface area contributed by atoms with E-state index in [0.29, 0.717) is 49.1 Å². The second-order valence-electron chi connectivity index (χ2n) is 9.85. The van der Waals surface area contributed by atoms with E-state index in [2.05, 4.69) is 15.4 Å². The molecule has 2 aromatic carbocycles. The lowest BCUT2D eigenvalue weighted by Crippen LogP contribution is -2.31. The zero-order valence-corrected chi connectivity index (χ0v) is 24.2. The van der Waals surface area contributed by atoms with E-state index in [-0.39, 0.29) is 6.10 Å². The Labute approximate surface area is 245 Å². The van der Waals surface area contributed by atoms with Gasteiger partial charge in [-0.25, -0.2) is 14.3 Å². The summed E-state index contributed by atoms with van der Waals surface area (Å²) in [5.74, 6) is 3.71. The lowest BCUT2D eigenvalue weighted by molar-refractivity contribution is 0.0254. The summed E-state index contributed by atoms with van der Waals surface area (Å²) in [5.41, 5.74) is 3.12. The minimum Gasteiger partial charge on any atom is -0.493 e. The molecular weight excluding hydrogens is 540 g/mol.